The molecule has 0 bridgehead atoms. The molecule has 3 fully saturated rings. The van der Waals surface area contributed by atoms with Crippen molar-refractivity contribution in [1.82, 2.24) is 92.6 Å². The SMILES string of the molecule is CCCC[C@@H]1NC(=O)[C@H](Cc2c[nH]c3ccccc23)NC(=O)[C@@H]2CCCN2C(=O)[C@H](CC(C)C)NC(=O)[C@H](Cc2cnc[nH]2)NC(=O)[C@@H]2CCCN2C(=O)[C@H](CC(N)=O)NC(=O)[C@H](C)N(C)C(=O)[C@H](Cc2ccc(O)cc2)NC(=O)CSC[C@@H](C(=O)NCC(N)=O)NC(=O)[C@H](CCC(=O)O)NC(=O)[C@H](CCCC)N(C)C(=O)[C@H](CCCC)N(C)C(=O)[C@H](Cc2csc3ccccc23)NC1=O. The van der Waals surface area contributed by atoms with Crippen LogP contribution in [0, 0.1) is 5.92 Å². The summed E-state index contributed by atoms with van der Waals surface area (Å²) >= 11 is 2.12. The summed E-state index contributed by atoms with van der Waals surface area (Å²) in [6.45, 7) is 9.64. The van der Waals surface area contributed by atoms with Crippen LogP contribution < -0.4 is 64.6 Å². The van der Waals surface area contributed by atoms with E-state index in [0.29, 0.717) is 78.2 Å². The van der Waals surface area contributed by atoms with Crippen LogP contribution >= 0.6 is 23.1 Å². The van der Waals surface area contributed by atoms with Gasteiger partial charge in [-0.1, -0.05) is 122 Å². The number of para-hydroxylation sites is 1. The molecule has 17 amide bonds. The first-order chi connectivity index (χ1) is 64.4. The first kappa shape index (κ1) is 106. The summed E-state index contributed by atoms with van der Waals surface area (Å²) in [6.07, 6.45) is 4.63. The number of unbranched alkanes of at least 4 members (excludes halogenated alkanes) is 3. The van der Waals surface area contributed by atoms with Crippen LogP contribution in [0.2, 0.25) is 0 Å². The number of thiophene rings is 1. The second kappa shape index (κ2) is 50.9. The fourth-order valence-corrected chi connectivity index (χ4v) is 18.7. The molecular formula is C93H128N20O20S2. The van der Waals surface area contributed by atoms with E-state index in [-0.39, 0.29) is 95.4 Å². The maximum absolute atomic E-state index is 15.9. The maximum Gasteiger partial charge on any atom is 0.303 e. The summed E-state index contributed by atoms with van der Waals surface area (Å²) < 4.78 is 0.856. The molecule has 42 heteroatoms. The summed E-state index contributed by atoms with van der Waals surface area (Å²) in [5.74, 6) is -18.1. The van der Waals surface area contributed by atoms with E-state index in [9.17, 15) is 58.2 Å². The van der Waals surface area contributed by atoms with E-state index in [4.69, 9.17) is 11.5 Å². The van der Waals surface area contributed by atoms with Crippen LogP contribution in [0.25, 0.3) is 21.0 Å². The van der Waals surface area contributed by atoms with Gasteiger partial charge in [-0.3, -0.25) is 86.3 Å². The smallest absolute Gasteiger partial charge is 0.303 e. The number of aromatic nitrogens is 3. The zero-order chi connectivity index (χ0) is 98.4. The van der Waals surface area contributed by atoms with Gasteiger partial charge in [-0.25, -0.2) is 4.98 Å². The van der Waals surface area contributed by atoms with Gasteiger partial charge in [0, 0.05) is 106 Å². The number of carbonyl (C=O) groups excluding carboxylic acids is 17. The molecule has 6 heterocycles. The molecule has 135 heavy (non-hydrogen) atoms. The van der Waals surface area contributed by atoms with Gasteiger partial charge in [0.2, 0.25) is 100 Å². The van der Waals surface area contributed by atoms with Crippen molar-refractivity contribution in [2.24, 2.45) is 17.4 Å². The third-order valence-corrected chi connectivity index (χ3v) is 26.6. The number of carboxylic acids is 1. The number of primary amides is 2. The number of hydrogen-bond acceptors (Lipinski definition) is 22. The van der Waals surface area contributed by atoms with Gasteiger partial charge in [0.25, 0.3) is 0 Å². The molecule has 0 radical (unpaired) electrons. The zero-order valence-electron chi connectivity index (χ0n) is 77.7. The van der Waals surface area contributed by atoms with Gasteiger partial charge < -0.3 is 109 Å². The Bertz CT molecular complexity index is 5200. The van der Waals surface area contributed by atoms with Crippen LogP contribution in [0.1, 0.15) is 173 Å². The summed E-state index contributed by atoms with van der Waals surface area (Å²) in [6, 6.07) is -0.528. The number of aromatic hydroxyl groups is 1. The van der Waals surface area contributed by atoms with Gasteiger partial charge in [-0.15, -0.1) is 23.1 Å². The van der Waals surface area contributed by atoms with E-state index in [0.717, 1.165) is 36.5 Å². The molecule has 0 spiro atoms. The average Bonchev–Trinajstić information content (AvgIpc) is 1.83. The molecule has 6 aromatic rings. The Kier molecular flexibility index (Phi) is 39.8. The highest BCUT2D eigenvalue weighted by Crippen LogP contribution is 2.30. The third-order valence-electron chi connectivity index (χ3n) is 24.5. The Hall–Kier alpha value is -13.0. The van der Waals surface area contributed by atoms with Crippen molar-refractivity contribution in [3.05, 3.63) is 119 Å². The van der Waals surface area contributed by atoms with Crippen LogP contribution in [0.15, 0.2) is 96.9 Å². The number of rotatable bonds is 27. The fraction of sp³-hybridized carbons (Fsp3) is 0.538. The Morgan fingerprint density at radius 3 is 1.67 bits per heavy atom. The molecule has 9 rings (SSSR count). The van der Waals surface area contributed by atoms with Crippen LogP contribution in [0.3, 0.4) is 0 Å². The van der Waals surface area contributed by atoms with Crippen LogP contribution in [-0.4, -0.2) is 293 Å². The number of fused-ring (bicyclic) bond motifs is 4. The molecule has 0 unspecified atom stereocenters. The molecule has 3 saturated heterocycles. The largest absolute Gasteiger partial charge is 0.508 e. The van der Waals surface area contributed by atoms with Crippen LogP contribution in [0.4, 0.5) is 0 Å². The number of imidazole rings is 1. The minimum atomic E-state index is -1.77. The number of amides is 17. The molecule has 0 saturated carbocycles. The molecule has 3 aliphatic heterocycles. The monoisotopic (exact) mass is 1910 g/mol. The number of hydrogen-bond donors (Lipinski definition) is 16. The first-order valence-corrected chi connectivity index (χ1v) is 48.0. The summed E-state index contributed by atoms with van der Waals surface area (Å²) in [5.41, 5.74) is 13.8. The van der Waals surface area contributed by atoms with Crippen molar-refractivity contribution in [2.75, 3.05) is 52.3 Å². The normalized spacial score (nSPS) is 24.2. The number of likely N-dealkylation sites (N-methyl/N-ethyl adjacent to an activating group) is 3. The second-order valence-electron chi connectivity index (χ2n) is 35.1. The molecule has 732 valence electrons. The molecule has 0 aliphatic carbocycles. The van der Waals surface area contributed by atoms with E-state index in [2.05, 4.69) is 68.1 Å². The summed E-state index contributed by atoms with van der Waals surface area (Å²) in [7, 11) is 3.95. The number of aromatic amines is 2. The number of carboxylic acid groups (broad SMARTS) is 1. The minimum absolute atomic E-state index is 0.0115. The highest BCUT2D eigenvalue weighted by Gasteiger charge is 2.46. The summed E-state index contributed by atoms with van der Waals surface area (Å²) in [4.78, 5) is 280. The Morgan fingerprint density at radius 1 is 0.526 bits per heavy atom. The van der Waals surface area contributed by atoms with Crippen LogP contribution in [0.5, 0.6) is 5.75 Å². The average molecular weight is 1910 g/mol. The Balaban J connectivity index is 1.10. The molecular weight excluding hydrogens is 1780 g/mol. The lowest BCUT2D eigenvalue weighted by molar-refractivity contribution is -0.149. The maximum atomic E-state index is 15.9. The lowest BCUT2D eigenvalue weighted by Crippen LogP contribution is -2.61. The number of benzene rings is 3. The molecule has 3 aromatic heterocycles. The number of carbonyl (C=O) groups is 18. The third kappa shape index (κ3) is 29.7. The van der Waals surface area contributed by atoms with Crippen molar-refractivity contribution in [1.29, 1.82) is 0 Å². The van der Waals surface area contributed by atoms with Gasteiger partial charge in [0.05, 0.1) is 25.0 Å². The van der Waals surface area contributed by atoms with Gasteiger partial charge >= 0.3 is 5.97 Å². The molecule has 3 aliphatic rings. The van der Waals surface area contributed by atoms with E-state index in [1.165, 1.54) is 86.0 Å². The first-order valence-electron chi connectivity index (χ1n) is 45.9. The van der Waals surface area contributed by atoms with Gasteiger partial charge in [0.1, 0.15) is 90.3 Å². The lowest BCUT2D eigenvalue weighted by Gasteiger charge is -2.36. The predicted octanol–water partition coefficient (Wildman–Crippen LogP) is 1.63. The standard InChI is InChI=1S/C93H128N20O20S2/c1-10-13-24-62-82(122)107-68(42-56-48-135-75-30-19-17-23-60(56)75)90(130)111(9)74(27-15-12-3)93(133)110(8)71(26-14-11-2)86(126)102-63(35-36-79(118)119)83(123)108-70(81(121)98-47-77(95)116)49-134-50-78(117)100-67(40-54-31-33-58(114)34-32-54)89(129)109(7)53(6)80(120)105-69(44-76(94)115)92(132)113-38-21-29-73(113)88(128)104-65(43-57-46-96-51-99-57)85(125)106-66(39-52(4)5)91(131)112-37-20-28-72(112)87(127)103-64(84(124)101-62)41-55-45-97-61-25-18-16-22-59(55)61/h16-19,22-23,25,30-34,45-46,48,51-53,62-74,97,114H,10-15,20-21,24,26-29,35-44,47,49-50H2,1-9H3,(H2,94,115)(H2,95,116)(H,96,99)(H,98,121)(H,100,117)(H,101,124)(H,102,126)(H,103,127)(H,104,128)(H,105,120)(H,106,125)(H,107,122)(H,108,123)(H,118,119)/t53-,62-,63-,64-,65-,66-,67-,68-,69-,70-,71-,72-,73-,74-/m0/s1. The number of nitrogens with one attached hydrogen (secondary N) is 12. The number of nitrogens with two attached hydrogens (primary N) is 2. The van der Waals surface area contributed by atoms with E-state index >= 15 is 38.4 Å². The highest BCUT2D eigenvalue weighted by atomic mass is 32.2. The predicted molar refractivity (Wildman–Crippen MR) is 502 cm³/mol. The minimum Gasteiger partial charge on any atom is -0.508 e. The van der Waals surface area contributed by atoms with E-state index in [1.807, 2.05) is 82.5 Å². The number of phenols is 1. The van der Waals surface area contributed by atoms with Crippen molar-refractivity contribution < 1.29 is 96.5 Å². The molecule has 3 aromatic carbocycles. The van der Waals surface area contributed by atoms with Crippen LogP contribution in [-0.2, 0) is 112 Å². The summed E-state index contributed by atoms with van der Waals surface area (Å²) in [5, 5.41) is 50.7. The Labute approximate surface area is 791 Å². The Morgan fingerprint density at radius 2 is 1.05 bits per heavy atom. The number of nitrogens with zero attached hydrogens (tertiary/aromatic N) is 6. The zero-order valence-corrected chi connectivity index (χ0v) is 79.3. The number of thioether (sulfide) groups is 1. The van der Waals surface area contributed by atoms with Gasteiger partial charge in [-0.05, 0) is 122 Å². The number of phenolic OH excluding ortho intramolecular Hbond substituents is 1. The fourth-order valence-electron chi connectivity index (χ4n) is 16.9. The quantitative estimate of drug-likeness (QED) is 0.0348. The van der Waals surface area contributed by atoms with Crippen molar-refractivity contribution in [3.63, 3.8) is 0 Å². The lowest BCUT2D eigenvalue weighted by atomic mass is 9.99. The highest BCUT2D eigenvalue weighted by molar-refractivity contribution is 8.00. The number of aliphatic carboxylic acids is 1. The van der Waals surface area contributed by atoms with Gasteiger partial charge in [-0.2, -0.15) is 0 Å². The van der Waals surface area contributed by atoms with E-state index in [1.54, 1.807) is 12.3 Å². The topological polar surface area (TPSA) is 581 Å². The molecule has 18 N–H and O–H groups in total. The second-order valence-corrected chi connectivity index (χ2v) is 37.0. The molecule has 14 atom stereocenters. The van der Waals surface area contributed by atoms with Crippen molar-refractivity contribution >= 4 is 150 Å². The van der Waals surface area contributed by atoms with Gasteiger partial charge in [0.15, 0.2) is 0 Å². The van der Waals surface area contributed by atoms with E-state index < -0.39 is 228 Å². The molecule has 40 nitrogen and oxygen atoms in total. The van der Waals surface area contributed by atoms with Crippen molar-refractivity contribution in [3.8, 4) is 5.75 Å². The van der Waals surface area contributed by atoms with Crippen molar-refractivity contribution in [2.45, 2.75) is 261 Å². The number of H-pyrrole nitrogens is 2.